The lowest BCUT2D eigenvalue weighted by Crippen LogP contribution is -2.59. The lowest BCUT2D eigenvalue weighted by molar-refractivity contribution is -0.180. The summed E-state index contributed by atoms with van der Waals surface area (Å²) >= 11 is 0. The molecular weight excluding hydrogens is 404 g/mol. The number of aliphatic hydroxyl groups is 1. The van der Waals surface area contributed by atoms with Gasteiger partial charge in [0, 0.05) is 12.5 Å². The number of carbonyl (C=O) groups excluding carboxylic acids is 1. The van der Waals surface area contributed by atoms with Crippen molar-refractivity contribution in [2.24, 2.45) is 46.3 Å². The highest BCUT2D eigenvalue weighted by atomic mass is 16.5. The number of aliphatic hydroxyl groups excluding tert-OH is 1. The first-order valence-corrected chi connectivity index (χ1v) is 12.8. The van der Waals surface area contributed by atoms with E-state index < -0.39 is 5.97 Å². The van der Waals surface area contributed by atoms with Crippen molar-refractivity contribution in [2.75, 3.05) is 0 Å². The van der Waals surface area contributed by atoms with Crippen LogP contribution in [-0.2, 0) is 14.3 Å². The van der Waals surface area contributed by atoms with Crippen LogP contribution >= 0.6 is 0 Å². The lowest BCUT2D eigenvalue weighted by Gasteiger charge is -2.62. The van der Waals surface area contributed by atoms with Crippen molar-refractivity contribution in [3.8, 4) is 0 Å². The number of ether oxygens (including phenoxy) is 1. The van der Waals surface area contributed by atoms with Gasteiger partial charge in [0.1, 0.15) is 6.10 Å². The third-order valence-corrected chi connectivity index (χ3v) is 10.7. The molecule has 5 heteroatoms. The molecule has 0 amide bonds. The molecule has 4 aliphatic rings. The van der Waals surface area contributed by atoms with Gasteiger partial charge in [-0.2, -0.15) is 0 Å². The van der Waals surface area contributed by atoms with E-state index in [0.717, 1.165) is 38.5 Å². The Labute approximate surface area is 193 Å². The third-order valence-electron chi connectivity index (χ3n) is 10.7. The van der Waals surface area contributed by atoms with Crippen LogP contribution in [0.15, 0.2) is 12.7 Å². The molecule has 4 aliphatic carbocycles. The molecule has 0 aliphatic heterocycles. The summed E-state index contributed by atoms with van der Waals surface area (Å²) in [6.45, 7) is 10.5. The van der Waals surface area contributed by atoms with E-state index in [9.17, 15) is 14.7 Å². The summed E-state index contributed by atoms with van der Waals surface area (Å²) in [6.07, 6.45) is 10.3. The number of fused-ring (bicyclic) bond motifs is 5. The first-order chi connectivity index (χ1) is 15.1. The van der Waals surface area contributed by atoms with Crippen LogP contribution in [0.4, 0.5) is 0 Å². The Morgan fingerprint density at radius 3 is 2.56 bits per heavy atom. The fraction of sp³-hybridized carbons (Fsp3) is 0.852. The zero-order valence-electron chi connectivity index (χ0n) is 20.1. The molecule has 4 saturated carbocycles. The molecule has 0 aromatic rings. The molecule has 6 unspecified atom stereocenters. The molecule has 0 aromatic carbocycles. The normalized spacial score (nSPS) is 46.3. The summed E-state index contributed by atoms with van der Waals surface area (Å²) in [6, 6.07) is 0. The lowest BCUT2D eigenvalue weighted by atomic mass is 9.43. The van der Waals surface area contributed by atoms with E-state index in [2.05, 4.69) is 27.4 Å². The van der Waals surface area contributed by atoms with Crippen LogP contribution in [0.2, 0.25) is 0 Å². The van der Waals surface area contributed by atoms with Gasteiger partial charge in [0.2, 0.25) is 0 Å². The molecule has 180 valence electrons. The zero-order valence-corrected chi connectivity index (χ0v) is 20.1. The van der Waals surface area contributed by atoms with E-state index in [1.165, 1.54) is 18.9 Å². The standard InChI is InChI=1S/C27H42O5/c1-5-25(31)32-18-12-13-26(3)17(14-18)7-8-19-21-10-9-20(16(2)6-11-24(29)30)27(21,4)23(28)15-22(19)26/h5,16-23,28H,1,6-15H2,2-4H3,(H,29,30)/t16?,17?,18-,19?,20?,21?,22?,23-,26-,27+/m0/s1. The average molecular weight is 447 g/mol. The molecule has 10 atom stereocenters. The maximum atomic E-state index is 11.7. The first kappa shape index (κ1) is 23.8. The van der Waals surface area contributed by atoms with Crippen LogP contribution < -0.4 is 0 Å². The Morgan fingerprint density at radius 2 is 1.88 bits per heavy atom. The van der Waals surface area contributed by atoms with Gasteiger partial charge < -0.3 is 14.9 Å². The molecule has 5 nitrogen and oxygen atoms in total. The Balaban J connectivity index is 1.50. The Kier molecular flexibility index (Phi) is 6.52. The second-order valence-corrected chi connectivity index (χ2v) is 11.9. The molecule has 0 heterocycles. The molecule has 0 saturated heterocycles. The van der Waals surface area contributed by atoms with Gasteiger partial charge in [-0.1, -0.05) is 27.4 Å². The number of rotatable bonds is 6. The number of carboxylic acid groups (broad SMARTS) is 1. The molecule has 4 fully saturated rings. The number of carboxylic acids is 1. The molecule has 0 bridgehead atoms. The van der Waals surface area contributed by atoms with Gasteiger partial charge >= 0.3 is 11.9 Å². The minimum Gasteiger partial charge on any atom is -0.481 e. The number of hydrogen-bond acceptors (Lipinski definition) is 4. The second kappa shape index (κ2) is 8.77. The van der Waals surface area contributed by atoms with E-state index in [1.54, 1.807) is 0 Å². The summed E-state index contributed by atoms with van der Waals surface area (Å²) in [7, 11) is 0. The Hall–Kier alpha value is -1.36. The number of carbonyl (C=O) groups is 2. The van der Waals surface area contributed by atoms with Crippen molar-refractivity contribution in [3.63, 3.8) is 0 Å². The molecule has 0 spiro atoms. The minimum atomic E-state index is -0.721. The SMILES string of the molecule is C=CC(=O)O[C@H]1CC[C@@]2(C)C(CCC3C2C[C@H](O)[C@]2(C)C(C(C)CCC(=O)O)CCC32)C1. The highest BCUT2D eigenvalue weighted by Crippen LogP contribution is 2.68. The van der Waals surface area contributed by atoms with Gasteiger partial charge in [-0.05, 0) is 104 Å². The first-order valence-electron chi connectivity index (χ1n) is 12.8. The topological polar surface area (TPSA) is 83.8 Å². The molecular formula is C27H42O5. The van der Waals surface area contributed by atoms with Crippen LogP contribution in [0.1, 0.15) is 85.0 Å². The van der Waals surface area contributed by atoms with Crippen LogP contribution in [0.3, 0.4) is 0 Å². The van der Waals surface area contributed by atoms with Crippen molar-refractivity contribution in [1.29, 1.82) is 0 Å². The summed E-state index contributed by atoms with van der Waals surface area (Å²) in [5.74, 6) is 1.95. The maximum absolute atomic E-state index is 11.7. The van der Waals surface area contributed by atoms with Crippen molar-refractivity contribution in [3.05, 3.63) is 12.7 Å². The highest BCUT2D eigenvalue weighted by molar-refractivity contribution is 5.81. The van der Waals surface area contributed by atoms with E-state index in [-0.39, 0.29) is 35.4 Å². The summed E-state index contributed by atoms with van der Waals surface area (Å²) in [4.78, 5) is 22.8. The van der Waals surface area contributed by atoms with Gasteiger partial charge in [0.15, 0.2) is 0 Å². The molecule has 32 heavy (non-hydrogen) atoms. The van der Waals surface area contributed by atoms with E-state index in [0.29, 0.717) is 41.9 Å². The Morgan fingerprint density at radius 1 is 1.12 bits per heavy atom. The molecule has 4 rings (SSSR count). The van der Waals surface area contributed by atoms with Gasteiger partial charge in [-0.15, -0.1) is 0 Å². The maximum Gasteiger partial charge on any atom is 0.330 e. The fourth-order valence-corrected chi connectivity index (χ4v) is 9.02. The Bertz CT molecular complexity index is 748. The fourth-order valence-electron chi connectivity index (χ4n) is 9.02. The van der Waals surface area contributed by atoms with Crippen LogP contribution in [0.25, 0.3) is 0 Å². The van der Waals surface area contributed by atoms with Crippen molar-refractivity contribution >= 4 is 11.9 Å². The number of esters is 1. The quantitative estimate of drug-likeness (QED) is 0.432. The van der Waals surface area contributed by atoms with Gasteiger partial charge in [0.25, 0.3) is 0 Å². The van der Waals surface area contributed by atoms with E-state index in [1.807, 2.05) is 0 Å². The summed E-state index contributed by atoms with van der Waals surface area (Å²) in [5.41, 5.74) is 0.105. The summed E-state index contributed by atoms with van der Waals surface area (Å²) in [5, 5.41) is 20.7. The third kappa shape index (κ3) is 3.82. The number of aliphatic carboxylic acids is 1. The largest absolute Gasteiger partial charge is 0.481 e. The predicted molar refractivity (Wildman–Crippen MR) is 123 cm³/mol. The second-order valence-electron chi connectivity index (χ2n) is 11.9. The molecule has 2 N–H and O–H groups in total. The van der Waals surface area contributed by atoms with E-state index >= 15 is 0 Å². The smallest absolute Gasteiger partial charge is 0.330 e. The zero-order chi connectivity index (χ0) is 23.3. The van der Waals surface area contributed by atoms with Gasteiger partial charge in [0.05, 0.1) is 6.10 Å². The molecule has 0 radical (unpaired) electrons. The van der Waals surface area contributed by atoms with Crippen LogP contribution in [0.5, 0.6) is 0 Å². The van der Waals surface area contributed by atoms with Gasteiger partial charge in [-0.25, -0.2) is 4.79 Å². The minimum absolute atomic E-state index is 0.000138. The average Bonchev–Trinajstić information content (AvgIpc) is 3.11. The van der Waals surface area contributed by atoms with Gasteiger partial charge in [-0.3, -0.25) is 4.79 Å². The highest BCUT2D eigenvalue weighted by Gasteiger charge is 2.63. The molecule has 0 aromatic heterocycles. The number of hydrogen-bond donors (Lipinski definition) is 2. The van der Waals surface area contributed by atoms with Crippen molar-refractivity contribution in [2.45, 2.75) is 97.2 Å². The van der Waals surface area contributed by atoms with Crippen LogP contribution in [0, 0.1) is 46.3 Å². The monoisotopic (exact) mass is 446 g/mol. The van der Waals surface area contributed by atoms with Crippen molar-refractivity contribution < 1.29 is 24.5 Å². The summed E-state index contributed by atoms with van der Waals surface area (Å²) < 4.78 is 5.61. The van der Waals surface area contributed by atoms with E-state index in [4.69, 9.17) is 9.84 Å². The van der Waals surface area contributed by atoms with Crippen LogP contribution in [-0.4, -0.2) is 34.4 Å². The van der Waals surface area contributed by atoms with Crippen molar-refractivity contribution in [1.82, 2.24) is 0 Å². The predicted octanol–water partition coefficient (Wildman–Crippen LogP) is 5.21.